The van der Waals surface area contributed by atoms with E-state index >= 15 is 0 Å². The highest BCUT2D eigenvalue weighted by Gasteiger charge is 2.22. The van der Waals surface area contributed by atoms with E-state index in [1.54, 1.807) is 23.1 Å². The van der Waals surface area contributed by atoms with E-state index < -0.39 is 0 Å². The predicted octanol–water partition coefficient (Wildman–Crippen LogP) is 1.12. The zero-order chi connectivity index (χ0) is 14.7. The average Bonchev–Trinajstić information content (AvgIpc) is 3.16. The van der Waals surface area contributed by atoms with Crippen LogP contribution in [-0.4, -0.2) is 44.3 Å². The summed E-state index contributed by atoms with van der Waals surface area (Å²) in [4.78, 5) is 25.5. The van der Waals surface area contributed by atoms with Crippen molar-refractivity contribution in [2.75, 3.05) is 31.1 Å². The van der Waals surface area contributed by atoms with Gasteiger partial charge < -0.3 is 15.4 Å². The lowest BCUT2D eigenvalue weighted by molar-refractivity contribution is 0.0858. The van der Waals surface area contributed by atoms with Crippen LogP contribution in [0.2, 0.25) is 0 Å². The molecule has 6 nitrogen and oxygen atoms in total. The summed E-state index contributed by atoms with van der Waals surface area (Å²) in [5, 5.41) is 5.64. The van der Waals surface area contributed by atoms with Crippen LogP contribution in [0.1, 0.15) is 23.2 Å². The molecule has 2 saturated heterocycles. The normalized spacial score (nSPS) is 21.4. The van der Waals surface area contributed by atoms with E-state index in [1.807, 2.05) is 6.07 Å². The van der Waals surface area contributed by atoms with Crippen molar-refractivity contribution in [2.24, 2.45) is 0 Å². The third-order valence-corrected chi connectivity index (χ3v) is 3.79. The number of amides is 3. The molecule has 2 fully saturated rings. The molecule has 0 bridgehead atoms. The summed E-state index contributed by atoms with van der Waals surface area (Å²) >= 11 is 0. The minimum atomic E-state index is -0.132. The van der Waals surface area contributed by atoms with Crippen molar-refractivity contribution in [3.8, 4) is 0 Å². The Morgan fingerprint density at radius 1 is 1.48 bits per heavy atom. The van der Waals surface area contributed by atoms with Crippen LogP contribution < -0.4 is 15.5 Å². The van der Waals surface area contributed by atoms with Gasteiger partial charge in [0.15, 0.2) is 0 Å². The first kappa shape index (κ1) is 13.9. The van der Waals surface area contributed by atoms with Crippen LogP contribution >= 0.6 is 0 Å². The lowest BCUT2D eigenvalue weighted by atomic mass is 10.1. The zero-order valence-electron chi connectivity index (χ0n) is 11.8. The monoisotopic (exact) mass is 289 g/mol. The predicted molar refractivity (Wildman–Crippen MR) is 78.5 cm³/mol. The van der Waals surface area contributed by atoms with Crippen LogP contribution in [0.5, 0.6) is 0 Å². The molecule has 0 aromatic heterocycles. The fourth-order valence-corrected chi connectivity index (χ4v) is 2.65. The first-order valence-electron chi connectivity index (χ1n) is 7.29. The Kier molecular flexibility index (Phi) is 4.06. The van der Waals surface area contributed by atoms with Crippen LogP contribution in [0.4, 0.5) is 10.5 Å². The highest BCUT2D eigenvalue weighted by Crippen LogP contribution is 2.18. The highest BCUT2D eigenvalue weighted by atomic mass is 16.5. The first-order valence-corrected chi connectivity index (χ1v) is 7.29. The molecule has 3 rings (SSSR count). The molecule has 0 spiro atoms. The van der Waals surface area contributed by atoms with Gasteiger partial charge in [-0.05, 0) is 31.0 Å². The number of hydrogen-bond acceptors (Lipinski definition) is 3. The van der Waals surface area contributed by atoms with Crippen LogP contribution in [0.15, 0.2) is 24.3 Å². The molecule has 3 amide bonds. The number of urea groups is 1. The second-order valence-corrected chi connectivity index (χ2v) is 5.28. The fraction of sp³-hybridized carbons (Fsp3) is 0.467. The third-order valence-electron chi connectivity index (χ3n) is 3.79. The molecule has 2 aliphatic heterocycles. The van der Waals surface area contributed by atoms with Crippen molar-refractivity contribution in [1.29, 1.82) is 0 Å². The highest BCUT2D eigenvalue weighted by molar-refractivity contribution is 5.98. The maximum atomic E-state index is 12.2. The molecule has 1 atom stereocenters. The van der Waals surface area contributed by atoms with Gasteiger partial charge >= 0.3 is 6.03 Å². The standard InChI is InChI=1S/C15H19N3O3/c19-14(17-10-13-5-2-8-21-13)11-3-1-4-12(9-11)18-7-6-16-15(18)20/h1,3-4,9,13H,2,5-8,10H2,(H,16,20)(H,17,19). The number of carbonyl (C=O) groups excluding carboxylic acids is 2. The molecular weight excluding hydrogens is 270 g/mol. The molecule has 21 heavy (non-hydrogen) atoms. The van der Waals surface area contributed by atoms with Crippen molar-refractivity contribution >= 4 is 17.6 Å². The maximum absolute atomic E-state index is 12.2. The Balaban J connectivity index is 1.64. The molecule has 2 aliphatic rings. The minimum Gasteiger partial charge on any atom is -0.376 e. The molecule has 0 radical (unpaired) electrons. The van der Waals surface area contributed by atoms with E-state index in [0.29, 0.717) is 25.2 Å². The largest absolute Gasteiger partial charge is 0.376 e. The van der Waals surface area contributed by atoms with E-state index in [1.165, 1.54) is 0 Å². The van der Waals surface area contributed by atoms with E-state index in [-0.39, 0.29) is 18.0 Å². The third kappa shape index (κ3) is 3.16. The summed E-state index contributed by atoms with van der Waals surface area (Å²) in [6, 6.07) is 7.01. The van der Waals surface area contributed by atoms with Crippen LogP contribution in [0.25, 0.3) is 0 Å². The molecule has 6 heteroatoms. The summed E-state index contributed by atoms with van der Waals surface area (Å²) in [6.45, 7) is 2.57. The van der Waals surface area contributed by atoms with Crippen LogP contribution in [0, 0.1) is 0 Å². The van der Waals surface area contributed by atoms with Crippen molar-refractivity contribution in [3.63, 3.8) is 0 Å². The van der Waals surface area contributed by atoms with E-state index in [9.17, 15) is 9.59 Å². The van der Waals surface area contributed by atoms with Gasteiger partial charge in [-0.2, -0.15) is 0 Å². The number of anilines is 1. The molecule has 0 saturated carbocycles. The summed E-state index contributed by atoms with van der Waals surface area (Å²) in [5.74, 6) is -0.132. The van der Waals surface area contributed by atoms with Crippen molar-refractivity contribution in [1.82, 2.24) is 10.6 Å². The molecular formula is C15H19N3O3. The molecule has 2 N–H and O–H groups in total. The van der Waals surface area contributed by atoms with E-state index in [0.717, 1.165) is 25.1 Å². The quantitative estimate of drug-likeness (QED) is 0.872. The van der Waals surface area contributed by atoms with Crippen molar-refractivity contribution < 1.29 is 14.3 Å². The van der Waals surface area contributed by atoms with Gasteiger partial charge in [0, 0.05) is 37.5 Å². The maximum Gasteiger partial charge on any atom is 0.321 e. The van der Waals surface area contributed by atoms with Gasteiger partial charge in [-0.3, -0.25) is 9.69 Å². The zero-order valence-corrected chi connectivity index (χ0v) is 11.8. The van der Waals surface area contributed by atoms with E-state index in [2.05, 4.69) is 10.6 Å². The minimum absolute atomic E-state index is 0.119. The summed E-state index contributed by atoms with van der Waals surface area (Å²) in [6.07, 6.45) is 2.18. The first-order chi connectivity index (χ1) is 10.2. The Hall–Kier alpha value is -2.08. The number of nitrogens with one attached hydrogen (secondary N) is 2. The van der Waals surface area contributed by atoms with Gasteiger partial charge in [-0.25, -0.2) is 4.79 Å². The van der Waals surface area contributed by atoms with Crippen LogP contribution in [-0.2, 0) is 4.74 Å². The molecule has 1 unspecified atom stereocenters. The molecule has 112 valence electrons. The number of ether oxygens (including phenoxy) is 1. The van der Waals surface area contributed by atoms with Gasteiger partial charge in [0.1, 0.15) is 0 Å². The van der Waals surface area contributed by atoms with Gasteiger partial charge in [0.05, 0.1) is 6.10 Å². The van der Waals surface area contributed by atoms with Gasteiger partial charge in [0.25, 0.3) is 5.91 Å². The molecule has 0 aliphatic carbocycles. The molecule has 1 aromatic rings. The second-order valence-electron chi connectivity index (χ2n) is 5.28. The fourth-order valence-electron chi connectivity index (χ4n) is 2.65. The topological polar surface area (TPSA) is 70.7 Å². The second kappa shape index (κ2) is 6.13. The van der Waals surface area contributed by atoms with Crippen LogP contribution in [0.3, 0.4) is 0 Å². The molecule has 2 heterocycles. The Morgan fingerprint density at radius 3 is 3.10 bits per heavy atom. The SMILES string of the molecule is O=C(NCC1CCCO1)c1cccc(N2CCNC2=O)c1. The summed E-state index contributed by atoms with van der Waals surface area (Å²) in [7, 11) is 0. The van der Waals surface area contributed by atoms with E-state index in [4.69, 9.17) is 4.74 Å². The summed E-state index contributed by atoms with van der Waals surface area (Å²) in [5.41, 5.74) is 1.31. The van der Waals surface area contributed by atoms with Gasteiger partial charge in [-0.1, -0.05) is 6.07 Å². The Bertz CT molecular complexity index is 541. The number of nitrogens with zero attached hydrogens (tertiary/aromatic N) is 1. The Morgan fingerprint density at radius 2 is 2.38 bits per heavy atom. The lowest BCUT2D eigenvalue weighted by Gasteiger charge is -2.15. The lowest BCUT2D eigenvalue weighted by Crippen LogP contribution is -2.32. The number of rotatable bonds is 4. The van der Waals surface area contributed by atoms with Crippen molar-refractivity contribution in [3.05, 3.63) is 29.8 Å². The van der Waals surface area contributed by atoms with Gasteiger partial charge in [-0.15, -0.1) is 0 Å². The summed E-state index contributed by atoms with van der Waals surface area (Å²) < 4.78 is 5.48. The number of carbonyl (C=O) groups is 2. The average molecular weight is 289 g/mol. The number of benzene rings is 1. The Labute approximate surface area is 123 Å². The smallest absolute Gasteiger partial charge is 0.321 e. The van der Waals surface area contributed by atoms with Gasteiger partial charge in [0.2, 0.25) is 0 Å². The van der Waals surface area contributed by atoms with Crippen molar-refractivity contribution in [2.45, 2.75) is 18.9 Å². The molecule has 1 aromatic carbocycles. The number of hydrogen-bond donors (Lipinski definition) is 2.